The number of aromatic nitrogens is 1. The maximum absolute atomic E-state index is 12.3. The van der Waals surface area contributed by atoms with E-state index in [1.807, 2.05) is 0 Å². The molecule has 3 rings (SSSR count). The van der Waals surface area contributed by atoms with E-state index in [0.29, 0.717) is 22.0 Å². The number of nitrogens with zero attached hydrogens (tertiary/aromatic N) is 1. The summed E-state index contributed by atoms with van der Waals surface area (Å²) >= 11 is 5.85. The van der Waals surface area contributed by atoms with E-state index in [9.17, 15) is 9.59 Å². The standard InChI is InChI=1S/C19H15ClN2O4/c20-17-7-5-13-9-14(4-6-16(13)22-17)19(24)26-10-12-2-1-3-15(8-12)25-11-18(21)23/h1-9H,10-11H2,(H2,21,23). The van der Waals surface area contributed by atoms with Crippen molar-refractivity contribution in [1.29, 1.82) is 0 Å². The van der Waals surface area contributed by atoms with Crippen molar-refractivity contribution in [2.45, 2.75) is 6.61 Å². The number of primary amides is 1. The molecule has 0 aliphatic heterocycles. The summed E-state index contributed by atoms with van der Waals surface area (Å²) in [6, 6.07) is 15.4. The van der Waals surface area contributed by atoms with Crippen LogP contribution in [0.2, 0.25) is 5.15 Å². The smallest absolute Gasteiger partial charge is 0.338 e. The first-order valence-electron chi connectivity index (χ1n) is 7.75. The third kappa shape index (κ3) is 4.49. The maximum atomic E-state index is 12.3. The monoisotopic (exact) mass is 370 g/mol. The lowest BCUT2D eigenvalue weighted by molar-refractivity contribution is -0.119. The highest BCUT2D eigenvalue weighted by Gasteiger charge is 2.09. The lowest BCUT2D eigenvalue weighted by Crippen LogP contribution is -2.20. The number of hydrogen-bond acceptors (Lipinski definition) is 5. The van der Waals surface area contributed by atoms with Gasteiger partial charge in [-0.2, -0.15) is 0 Å². The fourth-order valence-corrected chi connectivity index (χ4v) is 2.49. The molecule has 0 bridgehead atoms. The van der Waals surface area contributed by atoms with Gasteiger partial charge in [-0.3, -0.25) is 4.79 Å². The Morgan fingerprint density at radius 2 is 1.92 bits per heavy atom. The van der Waals surface area contributed by atoms with Gasteiger partial charge in [-0.05, 0) is 48.0 Å². The fraction of sp³-hybridized carbons (Fsp3) is 0.105. The van der Waals surface area contributed by atoms with E-state index in [2.05, 4.69) is 4.98 Å². The molecule has 0 spiro atoms. The molecule has 3 aromatic rings. The molecule has 0 atom stereocenters. The van der Waals surface area contributed by atoms with Crippen molar-refractivity contribution >= 4 is 34.4 Å². The molecule has 132 valence electrons. The molecule has 2 aromatic carbocycles. The molecule has 1 heterocycles. The second kappa shape index (κ2) is 7.84. The largest absolute Gasteiger partial charge is 0.484 e. The van der Waals surface area contributed by atoms with Crippen LogP contribution in [0, 0.1) is 0 Å². The second-order valence-electron chi connectivity index (χ2n) is 5.52. The van der Waals surface area contributed by atoms with Crippen LogP contribution < -0.4 is 10.5 Å². The number of ether oxygens (including phenoxy) is 2. The molecule has 0 saturated heterocycles. The highest BCUT2D eigenvalue weighted by Crippen LogP contribution is 2.19. The first-order valence-corrected chi connectivity index (χ1v) is 8.12. The van der Waals surface area contributed by atoms with Crippen LogP contribution in [-0.4, -0.2) is 23.5 Å². The van der Waals surface area contributed by atoms with Gasteiger partial charge in [0.1, 0.15) is 17.5 Å². The lowest BCUT2D eigenvalue weighted by atomic mass is 10.1. The van der Waals surface area contributed by atoms with Gasteiger partial charge in [0.25, 0.3) is 5.91 Å². The molecule has 0 fully saturated rings. The van der Waals surface area contributed by atoms with Gasteiger partial charge in [0.2, 0.25) is 0 Å². The van der Waals surface area contributed by atoms with Crippen LogP contribution in [0.1, 0.15) is 15.9 Å². The quantitative estimate of drug-likeness (QED) is 0.531. The second-order valence-corrected chi connectivity index (χ2v) is 5.91. The molecule has 0 aliphatic carbocycles. The van der Waals surface area contributed by atoms with E-state index in [1.165, 1.54) is 0 Å². The summed E-state index contributed by atoms with van der Waals surface area (Å²) in [5, 5.41) is 1.19. The zero-order chi connectivity index (χ0) is 18.5. The number of hydrogen-bond donors (Lipinski definition) is 1. The van der Waals surface area contributed by atoms with Crippen molar-refractivity contribution < 1.29 is 19.1 Å². The number of fused-ring (bicyclic) bond motifs is 1. The molecular weight excluding hydrogens is 356 g/mol. The Labute approximate surface area is 154 Å². The Hall–Kier alpha value is -3.12. The number of esters is 1. The summed E-state index contributed by atoms with van der Waals surface area (Å²) in [4.78, 5) is 27.2. The summed E-state index contributed by atoms with van der Waals surface area (Å²) in [7, 11) is 0. The van der Waals surface area contributed by atoms with E-state index in [-0.39, 0.29) is 13.2 Å². The maximum Gasteiger partial charge on any atom is 0.338 e. The average molecular weight is 371 g/mol. The minimum absolute atomic E-state index is 0.0729. The third-order valence-corrected chi connectivity index (χ3v) is 3.75. The Morgan fingerprint density at radius 1 is 1.08 bits per heavy atom. The minimum Gasteiger partial charge on any atom is -0.484 e. The van der Waals surface area contributed by atoms with E-state index in [0.717, 1.165) is 10.9 Å². The number of nitrogens with two attached hydrogens (primary N) is 1. The van der Waals surface area contributed by atoms with E-state index in [1.54, 1.807) is 54.6 Å². The van der Waals surface area contributed by atoms with Crippen LogP contribution in [0.5, 0.6) is 5.75 Å². The predicted octanol–water partition coefficient (Wildman–Crippen LogP) is 3.11. The minimum atomic E-state index is -0.561. The van der Waals surface area contributed by atoms with Gasteiger partial charge in [-0.25, -0.2) is 9.78 Å². The van der Waals surface area contributed by atoms with Crippen molar-refractivity contribution in [3.8, 4) is 5.75 Å². The Kier molecular flexibility index (Phi) is 5.34. The average Bonchev–Trinajstić information content (AvgIpc) is 2.64. The topological polar surface area (TPSA) is 91.5 Å². The SMILES string of the molecule is NC(=O)COc1cccc(COC(=O)c2ccc3nc(Cl)ccc3c2)c1. The number of carbonyl (C=O) groups is 2. The van der Waals surface area contributed by atoms with Crippen molar-refractivity contribution in [2.24, 2.45) is 5.73 Å². The fourth-order valence-electron chi connectivity index (χ4n) is 2.34. The van der Waals surface area contributed by atoms with Crippen LogP contribution in [0.15, 0.2) is 54.6 Å². The van der Waals surface area contributed by atoms with E-state index in [4.69, 9.17) is 26.8 Å². The zero-order valence-corrected chi connectivity index (χ0v) is 14.4. The van der Waals surface area contributed by atoms with Gasteiger partial charge in [0.15, 0.2) is 6.61 Å². The molecule has 0 radical (unpaired) electrons. The number of pyridine rings is 1. The summed E-state index contributed by atoms with van der Waals surface area (Å²) in [5.41, 5.74) is 6.90. The summed E-state index contributed by atoms with van der Waals surface area (Å²) < 4.78 is 10.6. The van der Waals surface area contributed by atoms with Gasteiger partial charge >= 0.3 is 5.97 Å². The van der Waals surface area contributed by atoms with Crippen molar-refractivity contribution in [1.82, 2.24) is 4.98 Å². The van der Waals surface area contributed by atoms with Crippen LogP contribution in [-0.2, 0) is 16.1 Å². The van der Waals surface area contributed by atoms with Crippen LogP contribution in [0.25, 0.3) is 10.9 Å². The first-order chi connectivity index (χ1) is 12.5. The lowest BCUT2D eigenvalue weighted by Gasteiger charge is -2.08. The Balaban J connectivity index is 1.66. The number of carbonyl (C=O) groups excluding carboxylic acids is 2. The summed E-state index contributed by atoms with van der Waals surface area (Å²) in [6.45, 7) is -0.137. The van der Waals surface area contributed by atoms with Gasteiger partial charge in [-0.15, -0.1) is 0 Å². The normalized spacial score (nSPS) is 10.5. The molecule has 0 saturated carbocycles. The van der Waals surface area contributed by atoms with Crippen LogP contribution in [0.3, 0.4) is 0 Å². The van der Waals surface area contributed by atoms with Gasteiger partial charge in [0.05, 0.1) is 11.1 Å². The number of rotatable bonds is 6. The summed E-state index contributed by atoms with van der Waals surface area (Å²) in [5.74, 6) is -0.537. The van der Waals surface area contributed by atoms with Crippen molar-refractivity contribution in [3.63, 3.8) is 0 Å². The first kappa shape index (κ1) is 17.7. The molecule has 6 nitrogen and oxygen atoms in total. The summed E-state index contributed by atoms with van der Waals surface area (Å²) in [6.07, 6.45) is 0. The molecule has 1 aromatic heterocycles. The van der Waals surface area contributed by atoms with Crippen LogP contribution >= 0.6 is 11.6 Å². The highest BCUT2D eigenvalue weighted by molar-refractivity contribution is 6.29. The van der Waals surface area contributed by atoms with Gasteiger partial charge in [0, 0.05) is 5.39 Å². The molecule has 0 unspecified atom stereocenters. The molecule has 2 N–H and O–H groups in total. The van der Waals surface area contributed by atoms with Crippen molar-refractivity contribution in [3.05, 3.63) is 70.9 Å². The Morgan fingerprint density at radius 3 is 2.73 bits per heavy atom. The number of amides is 1. The van der Waals surface area contributed by atoms with E-state index >= 15 is 0 Å². The number of benzene rings is 2. The van der Waals surface area contributed by atoms with Gasteiger partial charge < -0.3 is 15.2 Å². The molecule has 1 amide bonds. The zero-order valence-electron chi connectivity index (χ0n) is 13.6. The molecule has 0 aliphatic rings. The molecule has 7 heteroatoms. The Bertz CT molecular complexity index is 975. The van der Waals surface area contributed by atoms with Crippen molar-refractivity contribution in [2.75, 3.05) is 6.61 Å². The third-order valence-electron chi connectivity index (χ3n) is 3.54. The molecular formula is C19H15ClN2O4. The van der Waals surface area contributed by atoms with Crippen LogP contribution in [0.4, 0.5) is 0 Å². The predicted molar refractivity (Wildman–Crippen MR) is 97.0 cm³/mol. The van der Waals surface area contributed by atoms with E-state index < -0.39 is 11.9 Å². The van der Waals surface area contributed by atoms with Gasteiger partial charge in [-0.1, -0.05) is 23.7 Å². The molecule has 26 heavy (non-hydrogen) atoms. The highest BCUT2D eigenvalue weighted by atomic mass is 35.5. The number of halogens is 1.